The Labute approximate surface area is 201 Å². The van der Waals surface area contributed by atoms with Crippen molar-refractivity contribution in [1.29, 1.82) is 0 Å². The molecule has 4 rings (SSSR count). The number of amidine groups is 1. The summed E-state index contributed by atoms with van der Waals surface area (Å²) in [6.45, 7) is 0. The van der Waals surface area contributed by atoms with E-state index in [-0.39, 0.29) is 33.7 Å². The molecule has 1 N–H and O–H groups in total. The lowest BCUT2D eigenvalue weighted by Crippen LogP contribution is -2.42. The monoisotopic (exact) mass is 507 g/mol. The van der Waals surface area contributed by atoms with Gasteiger partial charge < -0.3 is 10.1 Å². The number of methoxy groups -OCH3 is 1. The van der Waals surface area contributed by atoms with Crippen molar-refractivity contribution in [2.45, 2.75) is 54.0 Å². The van der Waals surface area contributed by atoms with Crippen molar-refractivity contribution in [2.24, 2.45) is 4.40 Å². The van der Waals surface area contributed by atoms with Crippen molar-refractivity contribution in [1.82, 2.24) is 4.90 Å². The quantitative estimate of drug-likeness (QED) is 0.605. The molecule has 0 spiro atoms. The summed E-state index contributed by atoms with van der Waals surface area (Å²) in [5.74, 6) is 0.0173. The fourth-order valence-corrected chi connectivity index (χ4v) is 7.36. The van der Waals surface area contributed by atoms with Gasteiger partial charge in [-0.1, -0.05) is 43.2 Å². The van der Waals surface area contributed by atoms with Crippen LogP contribution in [0.2, 0.25) is 0 Å². The average molecular weight is 508 g/mol. The SMILES string of the molecule is COc1cccc(NC(=O)CC2S/C(=N/S(=O)(=O)c3cccs3)N(C3CCCCC3)C2=O)c1. The predicted molar refractivity (Wildman–Crippen MR) is 130 cm³/mol. The smallest absolute Gasteiger partial charge is 0.294 e. The van der Waals surface area contributed by atoms with E-state index in [0.717, 1.165) is 55.2 Å². The lowest BCUT2D eigenvalue weighted by Gasteiger charge is -2.30. The van der Waals surface area contributed by atoms with Crippen LogP contribution in [-0.2, 0) is 19.6 Å². The van der Waals surface area contributed by atoms with Crippen LogP contribution in [0.25, 0.3) is 0 Å². The van der Waals surface area contributed by atoms with Gasteiger partial charge in [0, 0.05) is 24.2 Å². The number of hydrogen-bond acceptors (Lipinski definition) is 7. The summed E-state index contributed by atoms with van der Waals surface area (Å²) in [6.07, 6.45) is 4.57. The van der Waals surface area contributed by atoms with Crippen LogP contribution >= 0.6 is 23.1 Å². The molecule has 1 aromatic carbocycles. The number of hydrogen-bond donors (Lipinski definition) is 1. The molecule has 0 radical (unpaired) electrons. The molecular formula is C22H25N3O5S3. The highest BCUT2D eigenvalue weighted by molar-refractivity contribution is 8.16. The van der Waals surface area contributed by atoms with Crippen molar-refractivity contribution in [3.05, 3.63) is 41.8 Å². The number of rotatable bonds is 7. The van der Waals surface area contributed by atoms with Crippen molar-refractivity contribution in [3.63, 3.8) is 0 Å². The molecule has 1 aromatic heterocycles. The third kappa shape index (κ3) is 5.59. The minimum Gasteiger partial charge on any atom is -0.497 e. The van der Waals surface area contributed by atoms with Gasteiger partial charge in [0.05, 0.1) is 7.11 Å². The number of thioether (sulfide) groups is 1. The maximum absolute atomic E-state index is 13.3. The van der Waals surface area contributed by atoms with Gasteiger partial charge in [0.2, 0.25) is 11.8 Å². The van der Waals surface area contributed by atoms with Crippen LogP contribution in [0.15, 0.2) is 50.4 Å². The number of carbonyl (C=O) groups is 2. The van der Waals surface area contributed by atoms with Gasteiger partial charge in [0.1, 0.15) is 15.2 Å². The third-order valence-corrected chi connectivity index (χ3v) is 9.49. The molecule has 2 amide bonds. The number of amides is 2. The normalized spacial score (nSPS) is 20.9. The van der Waals surface area contributed by atoms with E-state index < -0.39 is 15.3 Å². The van der Waals surface area contributed by atoms with Crippen molar-refractivity contribution >= 4 is 55.8 Å². The lowest BCUT2D eigenvalue weighted by atomic mass is 9.94. The minimum absolute atomic E-state index is 0.0813. The van der Waals surface area contributed by atoms with Crippen LogP contribution in [-0.4, -0.2) is 48.7 Å². The van der Waals surface area contributed by atoms with Gasteiger partial charge in [0.25, 0.3) is 10.0 Å². The Hall–Kier alpha value is -2.37. The molecule has 2 aromatic rings. The van der Waals surface area contributed by atoms with E-state index in [2.05, 4.69) is 9.71 Å². The van der Waals surface area contributed by atoms with E-state index in [4.69, 9.17) is 4.74 Å². The van der Waals surface area contributed by atoms with Gasteiger partial charge in [-0.3, -0.25) is 14.5 Å². The van der Waals surface area contributed by atoms with E-state index in [1.807, 2.05) is 0 Å². The van der Waals surface area contributed by atoms with Crippen LogP contribution in [0.5, 0.6) is 5.75 Å². The summed E-state index contributed by atoms with van der Waals surface area (Å²) < 4.78 is 34.9. The van der Waals surface area contributed by atoms with Gasteiger partial charge in [0.15, 0.2) is 5.17 Å². The number of sulfonamides is 1. The molecule has 2 fully saturated rings. The Morgan fingerprint density at radius 1 is 1.21 bits per heavy atom. The van der Waals surface area contributed by atoms with Crippen molar-refractivity contribution in [3.8, 4) is 5.75 Å². The second-order valence-corrected chi connectivity index (χ2v) is 11.8. The molecule has 1 atom stereocenters. The average Bonchev–Trinajstić information content (AvgIpc) is 3.44. The third-order valence-electron chi connectivity index (χ3n) is 5.58. The van der Waals surface area contributed by atoms with Crippen LogP contribution in [0.3, 0.4) is 0 Å². The van der Waals surface area contributed by atoms with Crippen molar-refractivity contribution in [2.75, 3.05) is 12.4 Å². The van der Waals surface area contributed by atoms with E-state index in [1.165, 1.54) is 11.0 Å². The lowest BCUT2D eigenvalue weighted by molar-refractivity contribution is -0.130. The summed E-state index contributed by atoms with van der Waals surface area (Å²) >= 11 is 2.14. The van der Waals surface area contributed by atoms with Gasteiger partial charge in [-0.15, -0.1) is 15.7 Å². The van der Waals surface area contributed by atoms with Crippen LogP contribution in [0.4, 0.5) is 5.69 Å². The standard InChI is InChI=1S/C22H25N3O5S3/c1-30-17-10-5-7-15(13-17)23-19(26)14-18-21(27)25(16-8-3-2-4-9-16)22(32-18)24-33(28,29)20-11-6-12-31-20/h5-7,10-13,16,18H,2-4,8-9,14H2,1H3,(H,23,26)/b24-22+. The van der Waals surface area contributed by atoms with E-state index in [1.54, 1.807) is 42.8 Å². The summed E-state index contributed by atoms with van der Waals surface area (Å²) in [4.78, 5) is 27.5. The van der Waals surface area contributed by atoms with Crippen LogP contribution in [0.1, 0.15) is 38.5 Å². The maximum Gasteiger partial charge on any atom is 0.294 e. The molecule has 2 aliphatic rings. The highest BCUT2D eigenvalue weighted by Gasteiger charge is 2.43. The van der Waals surface area contributed by atoms with Gasteiger partial charge >= 0.3 is 0 Å². The van der Waals surface area contributed by atoms with Gasteiger partial charge in [-0.05, 0) is 36.4 Å². The van der Waals surface area contributed by atoms with E-state index >= 15 is 0 Å². The number of ether oxygens (including phenoxy) is 1. The van der Waals surface area contributed by atoms with E-state index in [9.17, 15) is 18.0 Å². The zero-order chi connectivity index (χ0) is 23.4. The maximum atomic E-state index is 13.3. The Morgan fingerprint density at radius 2 is 2.00 bits per heavy atom. The minimum atomic E-state index is -3.93. The first-order valence-corrected chi connectivity index (χ1v) is 13.9. The first-order valence-electron chi connectivity index (χ1n) is 10.7. The molecule has 11 heteroatoms. The molecular weight excluding hydrogens is 482 g/mol. The van der Waals surface area contributed by atoms with E-state index in [0.29, 0.717) is 11.4 Å². The molecule has 1 unspecified atom stereocenters. The zero-order valence-electron chi connectivity index (χ0n) is 18.1. The number of nitrogens with zero attached hydrogens (tertiary/aromatic N) is 2. The Morgan fingerprint density at radius 3 is 2.70 bits per heavy atom. The number of benzene rings is 1. The fraction of sp³-hybridized carbons (Fsp3) is 0.409. The Balaban J connectivity index is 1.55. The van der Waals surface area contributed by atoms with Crippen molar-refractivity contribution < 1.29 is 22.7 Å². The molecule has 2 heterocycles. The predicted octanol–water partition coefficient (Wildman–Crippen LogP) is 4.11. The number of carbonyl (C=O) groups excluding carboxylic acids is 2. The molecule has 1 aliphatic heterocycles. The highest BCUT2D eigenvalue weighted by Crippen LogP contribution is 2.36. The van der Waals surface area contributed by atoms with Gasteiger partial charge in [-0.2, -0.15) is 8.42 Å². The summed E-state index contributed by atoms with van der Waals surface area (Å²) in [5.41, 5.74) is 0.563. The highest BCUT2D eigenvalue weighted by atomic mass is 32.2. The Kier molecular flexibility index (Phi) is 7.40. The number of anilines is 1. The topological polar surface area (TPSA) is 105 Å². The summed E-state index contributed by atoms with van der Waals surface area (Å²) in [7, 11) is -2.38. The first kappa shape index (κ1) is 23.8. The molecule has 0 bridgehead atoms. The molecule has 1 aliphatic carbocycles. The fourth-order valence-electron chi connectivity index (χ4n) is 3.99. The summed E-state index contributed by atoms with van der Waals surface area (Å²) in [6, 6.07) is 10.0. The largest absolute Gasteiger partial charge is 0.497 e. The Bertz CT molecular complexity index is 1140. The second-order valence-electron chi connectivity index (χ2n) is 7.87. The first-order chi connectivity index (χ1) is 15.9. The zero-order valence-corrected chi connectivity index (χ0v) is 20.5. The molecule has 33 heavy (non-hydrogen) atoms. The van der Waals surface area contributed by atoms with Crippen LogP contribution in [0, 0.1) is 0 Å². The molecule has 176 valence electrons. The number of thiophene rings is 1. The molecule has 8 nitrogen and oxygen atoms in total. The van der Waals surface area contributed by atoms with Gasteiger partial charge in [-0.25, -0.2) is 0 Å². The van der Waals surface area contributed by atoms with Crippen LogP contribution < -0.4 is 10.1 Å². The molecule has 1 saturated carbocycles. The second kappa shape index (κ2) is 10.3. The summed E-state index contributed by atoms with van der Waals surface area (Å²) in [5, 5.41) is 3.89. The molecule has 1 saturated heterocycles. The number of nitrogens with one attached hydrogen (secondary N) is 1.